The first kappa shape index (κ1) is 26.4. The van der Waals surface area contributed by atoms with Gasteiger partial charge < -0.3 is 25.0 Å². The molecule has 0 aromatic carbocycles. The van der Waals surface area contributed by atoms with Gasteiger partial charge in [-0.2, -0.15) is 0 Å². The molecule has 0 unspecified atom stereocenters. The maximum absolute atomic E-state index is 11.8. The number of hydrogen-bond donors (Lipinski definition) is 2. The number of hydrogen-bond acceptors (Lipinski definition) is 5. The van der Waals surface area contributed by atoms with Crippen molar-refractivity contribution in [3.8, 4) is 0 Å². The van der Waals surface area contributed by atoms with Gasteiger partial charge in [-0.25, -0.2) is 4.99 Å². The number of unbranched alkanes of at least 4 members (excludes halogenated alkanes) is 1. The fraction of sp³-hybridized carbons (Fsp3) is 0.889. The molecule has 0 bridgehead atoms. The van der Waals surface area contributed by atoms with Gasteiger partial charge in [-0.3, -0.25) is 9.69 Å². The van der Waals surface area contributed by atoms with E-state index in [2.05, 4.69) is 20.5 Å². The first-order valence-electron chi connectivity index (χ1n) is 9.73. The number of guanidine groups is 1. The lowest BCUT2D eigenvalue weighted by molar-refractivity contribution is -0.127. The summed E-state index contributed by atoms with van der Waals surface area (Å²) in [6.07, 6.45) is 3.06. The van der Waals surface area contributed by atoms with Gasteiger partial charge in [-0.05, 0) is 32.7 Å². The number of morpholine rings is 1. The summed E-state index contributed by atoms with van der Waals surface area (Å²) in [5, 5.41) is 6.64. The lowest BCUT2D eigenvalue weighted by atomic mass is 10.3. The average molecular weight is 499 g/mol. The van der Waals surface area contributed by atoms with Crippen LogP contribution >= 0.6 is 24.0 Å². The summed E-state index contributed by atoms with van der Waals surface area (Å²) >= 11 is 0. The number of nitrogens with zero attached hydrogens (tertiary/aromatic N) is 3. The molecule has 0 radical (unpaired) electrons. The molecule has 27 heavy (non-hydrogen) atoms. The molecule has 9 heteroatoms. The number of halogens is 1. The van der Waals surface area contributed by atoms with Crippen LogP contribution in [0.2, 0.25) is 0 Å². The van der Waals surface area contributed by atoms with E-state index in [0.717, 1.165) is 78.4 Å². The Morgan fingerprint density at radius 2 is 1.81 bits per heavy atom. The highest BCUT2D eigenvalue weighted by Crippen LogP contribution is 1.97. The van der Waals surface area contributed by atoms with E-state index in [0.29, 0.717) is 5.96 Å². The Balaban J connectivity index is 0.00000676. The fourth-order valence-corrected chi connectivity index (χ4v) is 2.48. The minimum atomic E-state index is -0.00392. The van der Waals surface area contributed by atoms with Crippen molar-refractivity contribution in [2.45, 2.75) is 26.2 Å². The number of carbonyl (C=O) groups is 1. The number of amides is 1. The minimum absolute atomic E-state index is 0. The highest BCUT2D eigenvalue weighted by molar-refractivity contribution is 14.0. The predicted octanol–water partition coefficient (Wildman–Crippen LogP) is 0.767. The number of carbonyl (C=O) groups excluding carboxylic acids is 1. The van der Waals surface area contributed by atoms with Crippen molar-refractivity contribution in [2.24, 2.45) is 4.99 Å². The molecule has 1 fully saturated rings. The normalized spacial score (nSPS) is 15.1. The zero-order chi connectivity index (χ0) is 19.0. The van der Waals surface area contributed by atoms with Crippen molar-refractivity contribution in [3.63, 3.8) is 0 Å². The van der Waals surface area contributed by atoms with Crippen molar-refractivity contribution in [3.05, 3.63) is 0 Å². The fourth-order valence-electron chi connectivity index (χ4n) is 2.48. The lowest BCUT2D eigenvalue weighted by Gasteiger charge is -2.26. The molecule has 1 aliphatic heterocycles. The molecule has 0 aliphatic carbocycles. The standard InChI is InChI=1S/C18H37N5O3.HI/c1-4-25-13-6-5-8-19-18(21-16-17(24)22(2)3)20-9-7-10-23-11-14-26-15-12-23;/h4-16H2,1-3H3,(H2,19,20,21);1H. The molecule has 1 rings (SSSR count). The summed E-state index contributed by atoms with van der Waals surface area (Å²) in [5.74, 6) is 0.703. The van der Waals surface area contributed by atoms with Crippen LogP contribution in [0.15, 0.2) is 4.99 Å². The van der Waals surface area contributed by atoms with E-state index in [-0.39, 0.29) is 36.4 Å². The molecule has 1 saturated heterocycles. The van der Waals surface area contributed by atoms with Crippen LogP contribution in [0.5, 0.6) is 0 Å². The maximum Gasteiger partial charge on any atom is 0.243 e. The van der Waals surface area contributed by atoms with Gasteiger partial charge in [0.15, 0.2) is 5.96 Å². The van der Waals surface area contributed by atoms with E-state index in [4.69, 9.17) is 9.47 Å². The Labute approximate surface area is 181 Å². The van der Waals surface area contributed by atoms with Crippen LogP contribution in [0.4, 0.5) is 0 Å². The Morgan fingerprint density at radius 3 is 2.44 bits per heavy atom. The number of aliphatic imine (C=N–C) groups is 1. The van der Waals surface area contributed by atoms with Crippen molar-refractivity contribution >= 4 is 35.8 Å². The van der Waals surface area contributed by atoms with Crippen LogP contribution in [0, 0.1) is 0 Å². The van der Waals surface area contributed by atoms with Crippen LogP contribution in [-0.4, -0.2) is 101 Å². The van der Waals surface area contributed by atoms with Gasteiger partial charge in [0.25, 0.3) is 0 Å². The topological polar surface area (TPSA) is 78.4 Å². The second-order valence-corrected chi connectivity index (χ2v) is 6.52. The molecular weight excluding hydrogens is 461 g/mol. The van der Waals surface area contributed by atoms with E-state index in [1.165, 1.54) is 0 Å². The second-order valence-electron chi connectivity index (χ2n) is 6.52. The first-order chi connectivity index (χ1) is 12.6. The number of likely N-dealkylation sites (N-methyl/N-ethyl adjacent to an activating group) is 1. The van der Waals surface area contributed by atoms with E-state index < -0.39 is 0 Å². The van der Waals surface area contributed by atoms with E-state index in [9.17, 15) is 4.79 Å². The highest BCUT2D eigenvalue weighted by Gasteiger charge is 2.09. The largest absolute Gasteiger partial charge is 0.382 e. The van der Waals surface area contributed by atoms with Crippen molar-refractivity contribution < 1.29 is 14.3 Å². The molecule has 0 aromatic rings. The Kier molecular flexibility index (Phi) is 17.0. The molecule has 160 valence electrons. The lowest BCUT2D eigenvalue weighted by Crippen LogP contribution is -2.41. The summed E-state index contributed by atoms with van der Waals surface area (Å²) < 4.78 is 10.7. The molecule has 8 nitrogen and oxygen atoms in total. The van der Waals surface area contributed by atoms with E-state index in [1.807, 2.05) is 6.92 Å². The minimum Gasteiger partial charge on any atom is -0.382 e. The number of nitrogens with one attached hydrogen (secondary N) is 2. The monoisotopic (exact) mass is 499 g/mol. The average Bonchev–Trinajstić information content (AvgIpc) is 2.65. The van der Waals surface area contributed by atoms with Gasteiger partial charge in [0.1, 0.15) is 6.54 Å². The van der Waals surface area contributed by atoms with Gasteiger partial charge in [0.05, 0.1) is 13.2 Å². The molecule has 1 aliphatic rings. The van der Waals surface area contributed by atoms with Crippen LogP contribution in [0.3, 0.4) is 0 Å². The van der Waals surface area contributed by atoms with Crippen LogP contribution in [-0.2, 0) is 14.3 Å². The highest BCUT2D eigenvalue weighted by atomic mass is 127. The molecule has 1 heterocycles. The molecule has 2 N–H and O–H groups in total. The predicted molar refractivity (Wildman–Crippen MR) is 120 cm³/mol. The van der Waals surface area contributed by atoms with Gasteiger partial charge >= 0.3 is 0 Å². The number of rotatable bonds is 12. The van der Waals surface area contributed by atoms with E-state index in [1.54, 1.807) is 19.0 Å². The summed E-state index contributed by atoms with van der Waals surface area (Å²) in [6.45, 7) is 10.1. The zero-order valence-electron chi connectivity index (χ0n) is 17.2. The summed E-state index contributed by atoms with van der Waals surface area (Å²) in [4.78, 5) is 20.1. The molecule has 0 saturated carbocycles. The molecule has 0 atom stereocenters. The van der Waals surface area contributed by atoms with Crippen LogP contribution in [0.1, 0.15) is 26.2 Å². The van der Waals surface area contributed by atoms with Crippen molar-refractivity contribution in [1.29, 1.82) is 0 Å². The summed E-state index contributed by atoms with van der Waals surface area (Å²) in [5.41, 5.74) is 0. The SMILES string of the molecule is CCOCCCCNC(=NCC(=O)N(C)C)NCCCN1CCOCC1.I. The van der Waals surface area contributed by atoms with Crippen LogP contribution < -0.4 is 10.6 Å². The van der Waals surface area contributed by atoms with Crippen molar-refractivity contribution in [2.75, 3.05) is 79.8 Å². The van der Waals surface area contributed by atoms with E-state index >= 15 is 0 Å². The maximum atomic E-state index is 11.8. The molecule has 0 aromatic heterocycles. The van der Waals surface area contributed by atoms with Crippen molar-refractivity contribution in [1.82, 2.24) is 20.4 Å². The quantitative estimate of drug-likeness (QED) is 0.179. The Hall–Kier alpha value is -0.650. The Morgan fingerprint density at radius 1 is 1.15 bits per heavy atom. The van der Waals surface area contributed by atoms with Crippen LogP contribution in [0.25, 0.3) is 0 Å². The molecule has 1 amide bonds. The molecular formula is C18H38IN5O3. The van der Waals surface area contributed by atoms with Gasteiger partial charge in [0, 0.05) is 53.5 Å². The first-order valence-corrected chi connectivity index (χ1v) is 9.73. The van der Waals surface area contributed by atoms with Gasteiger partial charge in [-0.1, -0.05) is 0 Å². The third-order valence-corrected chi connectivity index (χ3v) is 4.13. The summed E-state index contributed by atoms with van der Waals surface area (Å²) in [6, 6.07) is 0. The number of ether oxygens (including phenoxy) is 2. The third-order valence-electron chi connectivity index (χ3n) is 4.13. The second kappa shape index (κ2) is 17.4. The van der Waals surface area contributed by atoms with Gasteiger partial charge in [-0.15, -0.1) is 24.0 Å². The Bertz CT molecular complexity index is 404. The molecule has 0 spiro atoms. The smallest absolute Gasteiger partial charge is 0.243 e. The zero-order valence-corrected chi connectivity index (χ0v) is 19.5. The summed E-state index contributed by atoms with van der Waals surface area (Å²) in [7, 11) is 3.49. The van der Waals surface area contributed by atoms with Gasteiger partial charge in [0.2, 0.25) is 5.91 Å². The third kappa shape index (κ3) is 14.1.